The minimum absolute atomic E-state index is 0.725. The van der Waals surface area contributed by atoms with Gasteiger partial charge in [0.2, 0.25) is 0 Å². The fourth-order valence-electron chi connectivity index (χ4n) is 3.07. The normalized spacial score (nSPS) is 10.8. The molecule has 0 heterocycles. The van der Waals surface area contributed by atoms with Gasteiger partial charge in [0.25, 0.3) is 0 Å². The summed E-state index contributed by atoms with van der Waals surface area (Å²) in [7, 11) is 1.70. The van der Waals surface area contributed by atoms with Crippen LogP contribution in [0.15, 0.2) is 60.7 Å². The molecule has 26 heavy (non-hydrogen) atoms. The lowest BCUT2D eigenvalue weighted by Crippen LogP contribution is -1.99. The summed E-state index contributed by atoms with van der Waals surface area (Å²) in [5.74, 6) is 1.62. The van der Waals surface area contributed by atoms with Gasteiger partial charge in [-0.2, -0.15) is 0 Å². The van der Waals surface area contributed by atoms with Gasteiger partial charge in [-0.15, -0.1) is 0 Å². The van der Waals surface area contributed by atoms with Crippen LogP contribution in [0.5, 0.6) is 11.5 Å². The van der Waals surface area contributed by atoms with Crippen molar-refractivity contribution in [2.75, 3.05) is 19.0 Å². The topological polar surface area (TPSA) is 18.5 Å². The van der Waals surface area contributed by atoms with Crippen molar-refractivity contribution in [3.05, 3.63) is 60.7 Å². The molecular formula is C23H25BrO2. The minimum Gasteiger partial charge on any atom is -0.493 e. The average molecular weight is 413 g/mol. The van der Waals surface area contributed by atoms with Crippen molar-refractivity contribution in [3.63, 3.8) is 0 Å². The number of halogens is 1. The number of methoxy groups -OCH3 is 1. The van der Waals surface area contributed by atoms with E-state index < -0.39 is 0 Å². The molecule has 0 N–H and O–H groups in total. The third-order valence-electron chi connectivity index (χ3n) is 4.52. The zero-order valence-electron chi connectivity index (χ0n) is 15.2. The first kappa shape index (κ1) is 18.8. The molecule has 0 aliphatic carbocycles. The SMILES string of the molecule is COc1cc2ccc(-c3ccccc3)cc2cc1OCCCCCCBr. The molecule has 3 aromatic rings. The summed E-state index contributed by atoms with van der Waals surface area (Å²) in [6.07, 6.45) is 4.73. The average Bonchev–Trinajstić information content (AvgIpc) is 2.70. The lowest BCUT2D eigenvalue weighted by Gasteiger charge is -2.13. The van der Waals surface area contributed by atoms with Crippen LogP contribution in [0.25, 0.3) is 21.9 Å². The molecule has 0 saturated carbocycles. The number of ether oxygens (including phenoxy) is 2. The molecule has 2 nitrogen and oxygen atoms in total. The van der Waals surface area contributed by atoms with Crippen molar-refractivity contribution in [2.24, 2.45) is 0 Å². The summed E-state index contributed by atoms with van der Waals surface area (Å²) in [4.78, 5) is 0. The number of hydrogen-bond donors (Lipinski definition) is 0. The summed E-state index contributed by atoms with van der Waals surface area (Å²) in [6.45, 7) is 0.725. The van der Waals surface area contributed by atoms with Crippen LogP contribution in [0.2, 0.25) is 0 Å². The van der Waals surface area contributed by atoms with E-state index in [1.807, 2.05) is 6.07 Å². The van der Waals surface area contributed by atoms with Crippen LogP contribution in [-0.2, 0) is 0 Å². The Labute approximate surface area is 164 Å². The Bertz CT molecular complexity index is 830. The molecule has 0 aliphatic heterocycles. The Kier molecular flexibility index (Phi) is 6.96. The molecule has 0 spiro atoms. The van der Waals surface area contributed by atoms with Gasteiger partial charge in [0.15, 0.2) is 11.5 Å². The van der Waals surface area contributed by atoms with Gasteiger partial charge in [-0.3, -0.25) is 0 Å². The Morgan fingerprint density at radius 1 is 0.731 bits per heavy atom. The number of hydrogen-bond acceptors (Lipinski definition) is 2. The van der Waals surface area contributed by atoms with Gasteiger partial charge in [0.05, 0.1) is 13.7 Å². The van der Waals surface area contributed by atoms with Gasteiger partial charge in [0.1, 0.15) is 0 Å². The quantitative estimate of drug-likeness (QED) is 0.282. The van der Waals surface area contributed by atoms with Crippen molar-refractivity contribution in [1.29, 1.82) is 0 Å². The monoisotopic (exact) mass is 412 g/mol. The summed E-state index contributed by atoms with van der Waals surface area (Å²) in [5.41, 5.74) is 2.43. The van der Waals surface area contributed by atoms with Gasteiger partial charge in [0, 0.05) is 5.33 Å². The first-order chi connectivity index (χ1) is 12.8. The third-order valence-corrected chi connectivity index (χ3v) is 5.08. The summed E-state index contributed by atoms with van der Waals surface area (Å²) in [6, 6.07) is 21.1. The Hall–Kier alpha value is -2.00. The summed E-state index contributed by atoms with van der Waals surface area (Å²) in [5, 5.41) is 3.41. The van der Waals surface area contributed by atoms with Gasteiger partial charge < -0.3 is 9.47 Å². The standard InChI is InChI=1S/C23H25BrO2/c1-25-22-16-20-12-11-19(18-9-5-4-6-10-18)15-21(20)17-23(22)26-14-8-3-2-7-13-24/h4-6,9-12,15-17H,2-3,7-8,13-14H2,1H3. The maximum absolute atomic E-state index is 6.03. The fraction of sp³-hybridized carbons (Fsp3) is 0.304. The number of unbranched alkanes of at least 4 members (excludes halogenated alkanes) is 3. The molecule has 3 rings (SSSR count). The molecule has 3 heteroatoms. The van der Waals surface area contributed by atoms with Gasteiger partial charge in [-0.05, 0) is 52.9 Å². The Morgan fingerprint density at radius 2 is 1.50 bits per heavy atom. The van der Waals surface area contributed by atoms with Gasteiger partial charge in [-0.1, -0.05) is 71.2 Å². The molecular weight excluding hydrogens is 388 g/mol. The molecule has 0 saturated heterocycles. The van der Waals surface area contributed by atoms with Crippen molar-refractivity contribution in [3.8, 4) is 22.6 Å². The molecule has 0 unspecified atom stereocenters. The third kappa shape index (κ3) is 4.79. The van der Waals surface area contributed by atoms with Crippen LogP contribution in [0.4, 0.5) is 0 Å². The van der Waals surface area contributed by atoms with E-state index in [1.54, 1.807) is 7.11 Å². The Balaban J connectivity index is 1.78. The molecule has 136 valence electrons. The molecule has 0 aromatic heterocycles. The minimum atomic E-state index is 0.725. The molecule has 0 radical (unpaired) electrons. The molecule has 0 atom stereocenters. The highest BCUT2D eigenvalue weighted by atomic mass is 79.9. The van der Waals surface area contributed by atoms with E-state index in [4.69, 9.17) is 9.47 Å². The van der Waals surface area contributed by atoms with Crippen LogP contribution in [0.1, 0.15) is 25.7 Å². The molecule has 3 aromatic carbocycles. The number of fused-ring (bicyclic) bond motifs is 1. The van der Waals surface area contributed by atoms with Crippen molar-refractivity contribution in [2.45, 2.75) is 25.7 Å². The number of alkyl halides is 1. The highest BCUT2D eigenvalue weighted by Crippen LogP contribution is 2.34. The van der Waals surface area contributed by atoms with E-state index in [-0.39, 0.29) is 0 Å². The van der Waals surface area contributed by atoms with Gasteiger partial charge >= 0.3 is 0 Å². The summed E-state index contributed by atoms with van der Waals surface area (Å²) >= 11 is 3.47. The van der Waals surface area contributed by atoms with E-state index >= 15 is 0 Å². The second kappa shape index (κ2) is 9.63. The lowest BCUT2D eigenvalue weighted by atomic mass is 10.0. The first-order valence-electron chi connectivity index (χ1n) is 9.18. The molecule has 0 bridgehead atoms. The number of rotatable bonds is 9. The first-order valence-corrected chi connectivity index (χ1v) is 10.3. The van der Waals surface area contributed by atoms with Crippen molar-refractivity contribution in [1.82, 2.24) is 0 Å². The fourth-order valence-corrected chi connectivity index (χ4v) is 3.47. The molecule has 0 fully saturated rings. The second-order valence-electron chi connectivity index (χ2n) is 6.38. The highest BCUT2D eigenvalue weighted by Gasteiger charge is 2.08. The van der Waals surface area contributed by atoms with Crippen LogP contribution >= 0.6 is 15.9 Å². The highest BCUT2D eigenvalue weighted by molar-refractivity contribution is 9.09. The number of benzene rings is 3. The zero-order valence-corrected chi connectivity index (χ0v) is 16.8. The predicted octanol–water partition coefficient (Wildman–Crippen LogP) is 6.85. The van der Waals surface area contributed by atoms with Crippen molar-refractivity contribution >= 4 is 26.7 Å². The lowest BCUT2D eigenvalue weighted by molar-refractivity contribution is 0.286. The maximum atomic E-state index is 6.03. The van der Waals surface area contributed by atoms with Crippen LogP contribution in [-0.4, -0.2) is 19.0 Å². The van der Waals surface area contributed by atoms with Gasteiger partial charge in [-0.25, -0.2) is 0 Å². The Morgan fingerprint density at radius 3 is 2.27 bits per heavy atom. The van der Waals surface area contributed by atoms with E-state index in [1.165, 1.54) is 35.8 Å². The molecule has 0 amide bonds. The largest absolute Gasteiger partial charge is 0.493 e. The van der Waals surface area contributed by atoms with E-state index in [0.29, 0.717) is 0 Å². The zero-order chi connectivity index (χ0) is 18.2. The predicted molar refractivity (Wildman–Crippen MR) is 114 cm³/mol. The van der Waals surface area contributed by atoms with Crippen molar-refractivity contribution < 1.29 is 9.47 Å². The van der Waals surface area contributed by atoms with Crippen LogP contribution < -0.4 is 9.47 Å². The molecule has 0 aliphatic rings. The smallest absolute Gasteiger partial charge is 0.161 e. The summed E-state index contributed by atoms with van der Waals surface area (Å²) < 4.78 is 11.6. The van der Waals surface area contributed by atoms with Crippen LogP contribution in [0, 0.1) is 0 Å². The van der Waals surface area contributed by atoms with E-state index in [9.17, 15) is 0 Å². The van der Waals surface area contributed by atoms with E-state index in [2.05, 4.69) is 70.5 Å². The second-order valence-corrected chi connectivity index (χ2v) is 7.18. The van der Waals surface area contributed by atoms with Crippen LogP contribution in [0.3, 0.4) is 0 Å². The maximum Gasteiger partial charge on any atom is 0.161 e. The van der Waals surface area contributed by atoms with E-state index in [0.717, 1.165) is 35.2 Å².